The molecule has 0 amide bonds. The maximum atomic E-state index is 9.11. The van der Waals surface area contributed by atoms with Gasteiger partial charge in [-0.2, -0.15) is 10.2 Å². The Bertz CT molecular complexity index is 691. The zero-order valence-corrected chi connectivity index (χ0v) is 12.2. The predicted octanol–water partition coefficient (Wildman–Crippen LogP) is 2.86. The third-order valence-corrected chi connectivity index (χ3v) is 2.99. The summed E-state index contributed by atoms with van der Waals surface area (Å²) < 4.78 is 5.80. The molecule has 0 bridgehead atoms. The highest BCUT2D eigenvalue weighted by atomic mass is 16.5. The molecule has 0 spiro atoms. The van der Waals surface area contributed by atoms with E-state index >= 15 is 0 Å². The molecule has 0 aliphatic heterocycles. The number of ether oxygens (including phenoxy) is 1. The number of benzene rings is 1. The summed E-state index contributed by atoms with van der Waals surface area (Å²) in [5.74, 6) is 7.61. The van der Waals surface area contributed by atoms with Gasteiger partial charge in [-0.05, 0) is 19.1 Å². The van der Waals surface area contributed by atoms with Crippen LogP contribution in [0.5, 0.6) is 11.6 Å². The third kappa shape index (κ3) is 3.09. The molecule has 6 heteroatoms. The van der Waals surface area contributed by atoms with Crippen molar-refractivity contribution in [3.05, 3.63) is 41.2 Å². The fraction of sp³-hybridized carbons (Fsp3) is 0.267. The number of hydrogen-bond donors (Lipinski definition) is 2. The highest BCUT2D eigenvalue weighted by Crippen LogP contribution is 2.30. The van der Waals surface area contributed by atoms with Crippen molar-refractivity contribution in [1.29, 1.82) is 5.26 Å². The summed E-state index contributed by atoms with van der Waals surface area (Å²) in [4.78, 5) is 8.76. The molecule has 0 unspecified atom stereocenters. The molecule has 0 saturated carbocycles. The molecule has 0 aliphatic carbocycles. The summed E-state index contributed by atoms with van der Waals surface area (Å²) in [7, 11) is 0. The number of nitrogens with two attached hydrogens (primary N) is 1. The number of hydrogen-bond acceptors (Lipinski definition) is 6. The lowest BCUT2D eigenvalue weighted by molar-refractivity contribution is 0.452. The summed E-state index contributed by atoms with van der Waals surface area (Å²) in [5, 5.41) is 9.11. The standard InChI is InChI=1S/C15H17N5O/c1-9(2)13-18-14(20-17)10(3)15(19-13)21-12-7-5-4-6-11(12)8-16/h4-7,9H,17H2,1-3H3,(H,18,19,20). The second-order valence-electron chi connectivity index (χ2n) is 4.87. The molecule has 0 atom stereocenters. The minimum absolute atomic E-state index is 0.131. The largest absolute Gasteiger partial charge is 0.437 e. The summed E-state index contributed by atoms with van der Waals surface area (Å²) in [5.41, 5.74) is 3.69. The highest BCUT2D eigenvalue weighted by Gasteiger charge is 2.15. The van der Waals surface area contributed by atoms with Crippen molar-refractivity contribution in [3.8, 4) is 17.7 Å². The highest BCUT2D eigenvalue weighted by molar-refractivity contribution is 5.51. The maximum Gasteiger partial charge on any atom is 0.227 e. The second kappa shape index (κ2) is 6.20. The number of aromatic nitrogens is 2. The number of nitrogens with zero attached hydrogens (tertiary/aromatic N) is 3. The monoisotopic (exact) mass is 283 g/mol. The van der Waals surface area contributed by atoms with Crippen molar-refractivity contribution in [2.75, 3.05) is 5.43 Å². The van der Waals surface area contributed by atoms with Crippen molar-refractivity contribution in [2.45, 2.75) is 26.7 Å². The van der Waals surface area contributed by atoms with Gasteiger partial charge in [-0.25, -0.2) is 10.8 Å². The molecule has 1 heterocycles. The van der Waals surface area contributed by atoms with Crippen molar-refractivity contribution in [1.82, 2.24) is 9.97 Å². The van der Waals surface area contributed by atoms with Crippen LogP contribution in [0.4, 0.5) is 5.82 Å². The Hall–Kier alpha value is -2.65. The number of hydrazine groups is 1. The fourth-order valence-electron chi connectivity index (χ4n) is 1.76. The van der Waals surface area contributed by atoms with Gasteiger partial charge in [-0.1, -0.05) is 26.0 Å². The summed E-state index contributed by atoms with van der Waals surface area (Å²) in [6.45, 7) is 5.78. The quantitative estimate of drug-likeness (QED) is 0.661. The van der Waals surface area contributed by atoms with Crippen LogP contribution in [-0.4, -0.2) is 9.97 Å². The van der Waals surface area contributed by atoms with Gasteiger partial charge >= 0.3 is 0 Å². The molecule has 2 aromatic rings. The minimum atomic E-state index is 0.131. The van der Waals surface area contributed by atoms with Crippen LogP contribution in [0, 0.1) is 18.3 Å². The van der Waals surface area contributed by atoms with Crippen molar-refractivity contribution in [2.24, 2.45) is 5.84 Å². The lowest BCUT2D eigenvalue weighted by atomic mass is 10.2. The maximum absolute atomic E-state index is 9.11. The van der Waals surface area contributed by atoms with E-state index in [-0.39, 0.29) is 5.92 Å². The van der Waals surface area contributed by atoms with Gasteiger partial charge in [0.1, 0.15) is 17.6 Å². The van der Waals surface area contributed by atoms with E-state index < -0.39 is 0 Å². The zero-order chi connectivity index (χ0) is 15.4. The molecule has 0 aliphatic rings. The topological polar surface area (TPSA) is 96.8 Å². The average molecular weight is 283 g/mol. The molecule has 21 heavy (non-hydrogen) atoms. The number of nitrogens with one attached hydrogen (secondary N) is 1. The Morgan fingerprint density at radius 3 is 2.62 bits per heavy atom. The van der Waals surface area contributed by atoms with E-state index in [2.05, 4.69) is 21.5 Å². The van der Waals surface area contributed by atoms with Crippen LogP contribution in [-0.2, 0) is 0 Å². The molecular weight excluding hydrogens is 266 g/mol. The zero-order valence-electron chi connectivity index (χ0n) is 12.2. The van der Waals surface area contributed by atoms with Crippen LogP contribution < -0.4 is 16.0 Å². The predicted molar refractivity (Wildman–Crippen MR) is 79.9 cm³/mol. The van der Waals surface area contributed by atoms with Gasteiger partial charge in [0.25, 0.3) is 0 Å². The SMILES string of the molecule is Cc1c(NN)nc(C(C)C)nc1Oc1ccccc1C#N. The molecule has 6 nitrogen and oxygen atoms in total. The molecule has 0 saturated heterocycles. The van der Waals surface area contributed by atoms with Crippen molar-refractivity contribution in [3.63, 3.8) is 0 Å². The lowest BCUT2D eigenvalue weighted by Gasteiger charge is -2.14. The summed E-state index contributed by atoms with van der Waals surface area (Å²) >= 11 is 0. The number of nitrogen functional groups attached to an aromatic ring is 1. The number of para-hydroxylation sites is 1. The Morgan fingerprint density at radius 2 is 2.00 bits per heavy atom. The summed E-state index contributed by atoms with van der Waals surface area (Å²) in [6, 6.07) is 9.10. The first kappa shape index (κ1) is 14.8. The van der Waals surface area contributed by atoms with Crippen LogP contribution in [0.1, 0.15) is 36.7 Å². The molecule has 108 valence electrons. The van der Waals surface area contributed by atoms with E-state index in [4.69, 9.17) is 15.8 Å². The number of anilines is 1. The molecule has 2 rings (SSSR count). The van der Waals surface area contributed by atoms with E-state index in [0.29, 0.717) is 34.4 Å². The lowest BCUT2D eigenvalue weighted by Crippen LogP contribution is -2.13. The van der Waals surface area contributed by atoms with E-state index in [1.807, 2.05) is 20.8 Å². The Morgan fingerprint density at radius 1 is 1.29 bits per heavy atom. The summed E-state index contributed by atoms with van der Waals surface area (Å²) in [6.07, 6.45) is 0. The van der Waals surface area contributed by atoms with Crippen LogP contribution in [0.3, 0.4) is 0 Å². The fourth-order valence-corrected chi connectivity index (χ4v) is 1.76. The first-order chi connectivity index (χ1) is 10.1. The van der Waals surface area contributed by atoms with Gasteiger partial charge < -0.3 is 10.2 Å². The third-order valence-electron chi connectivity index (χ3n) is 2.99. The van der Waals surface area contributed by atoms with E-state index in [0.717, 1.165) is 0 Å². The van der Waals surface area contributed by atoms with Gasteiger partial charge in [0, 0.05) is 5.92 Å². The molecule has 1 aromatic carbocycles. The minimum Gasteiger partial charge on any atom is -0.437 e. The molecule has 0 radical (unpaired) electrons. The Labute approximate surface area is 123 Å². The normalized spacial score (nSPS) is 10.3. The van der Waals surface area contributed by atoms with Crippen LogP contribution in [0.15, 0.2) is 24.3 Å². The van der Waals surface area contributed by atoms with E-state index in [9.17, 15) is 0 Å². The number of nitriles is 1. The number of rotatable bonds is 4. The van der Waals surface area contributed by atoms with Gasteiger partial charge in [-0.3, -0.25) is 0 Å². The molecular formula is C15H17N5O. The van der Waals surface area contributed by atoms with Gasteiger partial charge in [0.05, 0.1) is 11.1 Å². The van der Waals surface area contributed by atoms with E-state index in [1.165, 1.54) is 0 Å². The van der Waals surface area contributed by atoms with Gasteiger partial charge in [0.15, 0.2) is 5.82 Å². The van der Waals surface area contributed by atoms with Gasteiger partial charge in [0.2, 0.25) is 5.88 Å². The average Bonchev–Trinajstić information content (AvgIpc) is 2.49. The van der Waals surface area contributed by atoms with Crippen LogP contribution >= 0.6 is 0 Å². The van der Waals surface area contributed by atoms with Crippen molar-refractivity contribution >= 4 is 5.82 Å². The second-order valence-corrected chi connectivity index (χ2v) is 4.87. The van der Waals surface area contributed by atoms with Crippen LogP contribution in [0.2, 0.25) is 0 Å². The Balaban J connectivity index is 2.48. The van der Waals surface area contributed by atoms with Gasteiger partial charge in [-0.15, -0.1) is 0 Å². The molecule has 0 fully saturated rings. The first-order valence-electron chi connectivity index (χ1n) is 6.59. The smallest absolute Gasteiger partial charge is 0.227 e. The Kier molecular flexibility index (Phi) is 4.36. The van der Waals surface area contributed by atoms with E-state index in [1.54, 1.807) is 24.3 Å². The first-order valence-corrected chi connectivity index (χ1v) is 6.59. The molecule has 3 N–H and O–H groups in total. The van der Waals surface area contributed by atoms with Crippen molar-refractivity contribution < 1.29 is 4.74 Å². The van der Waals surface area contributed by atoms with Crippen LogP contribution in [0.25, 0.3) is 0 Å². The molecule has 1 aromatic heterocycles.